The van der Waals surface area contributed by atoms with Crippen LogP contribution in [0.5, 0.6) is 0 Å². The smallest absolute Gasteiger partial charge is 0.268 e. The van der Waals surface area contributed by atoms with E-state index in [4.69, 9.17) is 0 Å². The zero-order chi connectivity index (χ0) is 14.6. The molecule has 0 radical (unpaired) electrons. The maximum absolute atomic E-state index is 12.2. The Kier molecular flexibility index (Phi) is 5.60. The molecule has 106 valence electrons. The molecule has 1 aromatic heterocycles. The third-order valence-corrected chi connectivity index (χ3v) is 3.15. The molecule has 1 atom stereocenters. The first-order chi connectivity index (χ1) is 8.86. The largest absolute Gasteiger partial charge is 0.347 e. The predicted octanol–water partition coefficient (Wildman–Crippen LogP) is 1.87. The summed E-state index contributed by atoms with van der Waals surface area (Å²) in [7, 11) is 3.34. The van der Waals surface area contributed by atoms with Crippen molar-refractivity contribution < 1.29 is 9.59 Å². The molecule has 1 rings (SSSR count). The Hall–Kier alpha value is -1.30. The van der Waals surface area contributed by atoms with Gasteiger partial charge in [-0.05, 0) is 35.3 Å². The van der Waals surface area contributed by atoms with Crippen LogP contribution >= 0.6 is 15.9 Å². The number of hydrogen-bond acceptors (Lipinski definition) is 2. The van der Waals surface area contributed by atoms with Gasteiger partial charge >= 0.3 is 0 Å². The number of nitrogens with one attached hydrogen (secondary N) is 1. The third kappa shape index (κ3) is 4.09. The Bertz CT molecular complexity index is 468. The van der Waals surface area contributed by atoms with Crippen LogP contribution in [-0.2, 0) is 11.3 Å². The SMILES string of the molecule is CCCn1cc(Br)cc1C(=O)NC(C)C(=O)N(C)C. The van der Waals surface area contributed by atoms with Crippen LogP contribution < -0.4 is 5.32 Å². The molecule has 0 spiro atoms. The number of hydrogen-bond donors (Lipinski definition) is 1. The topological polar surface area (TPSA) is 54.3 Å². The van der Waals surface area contributed by atoms with Crippen molar-refractivity contribution >= 4 is 27.7 Å². The molecule has 0 saturated heterocycles. The normalized spacial score (nSPS) is 12.1. The van der Waals surface area contributed by atoms with Gasteiger partial charge in [0.2, 0.25) is 5.91 Å². The molecule has 0 saturated carbocycles. The number of rotatable bonds is 5. The van der Waals surface area contributed by atoms with E-state index in [1.165, 1.54) is 4.90 Å². The van der Waals surface area contributed by atoms with Crippen LogP contribution in [0.2, 0.25) is 0 Å². The summed E-state index contributed by atoms with van der Waals surface area (Å²) in [6.45, 7) is 4.50. The molecule has 0 bridgehead atoms. The third-order valence-electron chi connectivity index (χ3n) is 2.72. The molecule has 0 aliphatic carbocycles. The van der Waals surface area contributed by atoms with E-state index in [0.29, 0.717) is 5.69 Å². The summed E-state index contributed by atoms with van der Waals surface area (Å²) in [5.41, 5.74) is 0.562. The van der Waals surface area contributed by atoms with Crippen molar-refractivity contribution in [2.24, 2.45) is 0 Å². The van der Waals surface area contributed by atoms with E-state index < -0.39 is 6.04 Å². The van der Waals surface area contributed by atoms with Gasteiger partial charge in [-0.1, -0.05) is 6.92 Å². The molecular weight excluding hydrogens is 310 g/mol. The number of aryl methyl sites for hydroxylation is 1. The minimum absolute atomic E-state index is 0.124. The Morgan fingerprint density at radius 2 is 2.11 bits per heavy atom. The van der Waals surface area contributed by atoms with Crippen LogP contribution in [0, 0.1) is 0 Å². The summed E-state index contributed by atoms with van der Waals surface area (Å²) in [5.74, 6) is -0.358. The van der Waals surface area contributed by atoms with Crippen LogP contribution in [0.3, 0.4) is 0 Å². The predicted molar refractivity (Wildman–Crippen MR) is 78.0 cm³/mol. The Morgan fingerprint density at radius 3 is 2.63 bits per heavy atom. The average Bonchev–Trinajstić information content (AvgIpc) is 2.69. The Morgan fingerprint density at radius 1 is 1.47 bits per heavy atom. The summed E-state index contributed by atoms with van der Waals surface area (Å²) >= 11 is 3.36. The molecule has 0 aliphatic rings. The first kappa shape index (κ1) is 15.8. The zero-order valence-corrected chi connectivity index (χ0v) is 13.3. The first-order valence-corrected chi connectivity index (χ1v) is 7.03. The van der Waals surface area contributed by atoms with Crippen molar-refractivity contribution in [3.8, 4) is 0 Å². The molecule has 5 nitrogen and oxygen atoms in total. The molecule has 1 aromatic rings. The lowest BCUT2D eigenvalue weighted by Gasteiger charge is -2.18. The van der Waals surface area contributed by atoms with E-state index in [0.717, 1.165) is 17.4 Å². The highest BCUT2D eigenvalue weighted by Gasteiger charge is 2.20. The highest BCUT2D eigenvalue weighted by atomic mass is 79.9. The van der Waals surface area contributed by atoms with Crippen molar-refractivity contribution in [2.75, 3.05) is 14.1 Å². The van der Waals surface area contributed by atoms with Crippen LogP contribution in [0.25, 0.3) is 0 Å². The van der Waals surface area contributed by atoms with Crippen molar-refractivity contribution in [3.05, 3.63) is 22.4 Å². The fourth-order valence-corrected chi connectivity index (χ4v) is 2.27. The number of aromatic nitrogens is 1. The van der Waals surface area contributed by atoms with E-state index in [1.807, 2.05) is 17.7 Å². The number of carbonyl (C=O) groups is 2. The summed E-state index contributed by atoms with van der Waals surface area (Å²) in [6.07, 6.45) is 2.81. The van der Waals surface area contributed by atoms with Gasteiger partial charge in [-0.3, -0.25) is 9.59 Å². The van der Waals surface area contributed by atoms with Crippen LogP contribution in [-0.4, -0.2) is 41.4 Å². The van der Waals surface area contributed by atoms with Crippen LogP contribution in [0.1, 0.15) is 30.8 Å². The van der Waals surface area contributed by atoms with Gasteiger partial charge in [0.15, 0.2) is 0 Å². The summed E-state index contributed by atoms with van der Waals surface area (Å²) in [4.78, 5) is 25.4. The second-order valence-corrected chi connectivity index (χ2v) is 5.58. The summed E-state index contributed by atoms with van der Waals surface area (Å²) < 4.78 is 2.74. The number of amides is 2. The maximum atomic E-state index is 12.2. The van der Waals surface area contributed by atoms with Gasteiger partial charge in [-0.15, -0.1) is 0 Å². The molecule has 19 heavy (non-hydrogen) atoms. The second kappa shape index (κ2) is 6.75. The summed E-state index contributed by atoms with van der Waals surface area (Å²) in [5, 5.41) is 2.72. The zero-order valence-electron chi connectivity index (χ0n) is 11.7. The highest BCUT2D eigenvalue weighted by molar-refractivity contribution is 9.10. The first-order valence-electron chi connectivity index (χ1n) is 6.24. The minimum Gasteiger partial charge on any atom is -0.347 e. The van der Waals surface area contributed by atoms with Crippen molar-refractivity contribution in [1.82, 2.24) is 14.8 Å². The van der Waals surface area contributed by atoms with Gasteiger partial charge in [-0.2, -0.15) is 0 Å². The van der Waals surface area contributed by atoms with Crippen molar-refractivity contribution in [3.63, 3.8) is 0 Å². The second-order valence-electron chi connectivity index (χ2n) is 4.66. The standard InChI is InChI=1S/C13H20BrN3O2/c1-5-6-17-8-10(14)7-11(17)12(18)15-9(2)13(19)16(3)4/h7-9H,5-6H2,1-4H3,(H,15,18). The number of nitrogens with zero attached hydrogens (tertiary/aromatic N) is 2. The van der Waals surface area contributed by atoms with Gasteiger partial charge in [0, 0.05) is 31.3 Å². The molecule has 6 heteroatoms. The fourth-order valence-electron chi connectivity index (χ4n) is 1.81. The van der Waals surface area contributed by atoms with Gasteiger partial charge < -0.3 is 14.8 Å². The molecular formula is C13H20BrN3O2. The van der Waals surface area contributed by atoms with Crippen molar-refractivity contribution in [1.29, 1.82) is 0 Å². The molecule has 0 aromatic carbocycles. The van der Waals surface area contributed by atoms with E-state index in [1.54, 1.807) is 27.1 Å². The number of carbonyl (C=O) groups excluding carboxylic acids is 2. The highest BCUT2D eigenvalue weighted by Crippen LogP contribution is 2.15. The lowest BCUT2D eigenvalue weighted by Crippen LogP contribution is -2.44. The van der Waals surface area contributed by atoms with E-state index in [-0.39, 0.29) is 11.8 Å². The van der Waals surface area contributed by atoms with Gasteiger partial charge in [-0.25, -0.2) is 0 Å². The number of likely N-dealkylation sites (N-methyl/N-ethyl adjacent to an activating group) is 1. The van der Waals surface area contributed by atoms with Gasteiger partial charge in [0.05, 0.1) is 0 Å². The Balaban J connectivity index is 2.80. The van der Waals surface area contributed by atoms with E-state index in [2.05, 4.69) is 21.2 Å². The lowest BCUT2D eigenvalue weighted by molar-refractivity contribution is -0.130. The van der Waals surface area contributed by atoms with E-state index in [9.17, 15) is 9.59 Å². The van der Waals surface area contributed by atoms with E-state index >= 15 is 0 Å². The molecule has 0 fully saturated rings. The van der Waals surface area contributed by atoms with Crippen LogP contribution in [0.4, 0.5) is 0 Å². The molecule has 1 unspecified atom stereocenters. The fraction of sp³-hybridized carbons (Fsp3) is 0.538. The average molecular weight is 330 g/mol. The molecule has 1 N–H and O–H groups in total. The summed E-state index contributed by atoms with van der Waals surface area (Å²) in [6, 6.07) is 1.23. The molecule has 0 aliphatic heterocycles. The quantitative estimate of drug-likeness (QED) is 0.896. The van der Waals surface area contributed by atoms with Gasteiger partial charge in [0.1, 0.15) is 11.7 Å². The molecule has 1 heterocycles. The Labute approximate surface area is 122 Å². The minimum atomic E-state index is -0.536. The monoisotopic (exact) mass is 329 g/mol. The lowest BCUT2D eigenvalue weighted by atomic mass is 10.2. The molecule has 2 amide bonds. The number of halogens is 1. The maximum Gasteiger partial charge on any atom is 0.268 e. The van der Waals surface area contributed by atoms with Crippen molar-refractivity contribution in [2.45, 2.75) is 32.9 Å². The van der Waals surface area contributed by atoms with Crippen LogP contribution in [0.15, 0.2) is 16.7 Å². The van der Waals surface area contributed by atoms with Gasteiger partial charge in [0.25, 0.3) is 5.91 Å².